The Labute approximate surface area is 133 Å². The van der Waals surface area contributed by atoms with Crippen LogP contribution in [0.2, 0.25) is 0 Å². The number of nitrogens with zero attached hydrogens (tertiary/aromatic N) is 1. The molecule has 4 heteroatoms. The standard InChI is InChI=1S/C18H29NO3/c20-17(14-8-4-9-15(12-14)18(21)22)19-11-5-10-16(19)13-6-2-1-3-7-13/h13-16H,1-12H2,(H,21,22). The van der Waals surface area contributed by atoms with Crippen molar-refractivity contribution in [3.63, 3.8) is 0 Å². The maximum absolute atomic E-state index is 13.0. The first-order valence-electron chi connectivity index (χ1n) is 9.20. The lowest BCUT2D eigenvalue weighted by Crippen LogP contribution is -2.45. The van der Waals surface area contributed by atoms with Crippen molar-refractivity contribution in [2.45, 2.75) is 76.7 Å². The molecule has 1 amide bonds. The first kappa shape index (κ1) is 15.8. The van der Waals surface area contributed by atoms with E-state index in [0.717, 1.165) is 38.6 Å². The predicted molar refractivity (Wildman–Crippen MR) is 84.4 cm³/mol. The molecule has 1 saturated heterocycles. The molecule has 2 saturated carbocycles. The normalized spacial score (nSPS) is 33.8. The second kappa shape index (κ2) is 7.01. The number of likely N-dealkylation sites (tertiary alicyclic amines) is 1. The van der Waals surface area contributed by atoms with Gasteiger partial charge in [-0.15, -0.1) is 0 Å². The van der Waals surface area contributed by atoms with Gasteiger partial charge in [0, 0.05) is 18.5 Å². The van der Waals surface area contributed by atoms with Crippen LogP contribution in [0.1, 0.15) is 70.6 Å². The van der Waals surface area contributed by atoms with Crippen LogP contribution in [0.4, 0.5) is 0 Å². The lowest BCUT2D eigenvalue weighted by atomic mass is 9.79. The van der Waals surface area contributed by atoms with E-state index < -0.39 is 5.97 Å². The van der Waals surface area contributed by atoms with E-state index in [1.165, 1.54) is 32.1 Å². The summed E-state index contributed by atoms with van der Waals surface area (Å²) < 4.78 is 0. The molecule has 0 radical (unpaired) electrons. The zero-order valence-corrected chi connectivity index (χ0v) is 13.5. The Bertz CT molecular complexity index is 417. The Morgan fingerprint density at radius 3 is 2.27 bits per heavy atom. The van der Waals surface area contributed by atoms with Gasteiger partial charge in [-0.2, -0.15) is 0 Å². The SMILES string of the molecule is O=C(O)C1CCCC(C(=O)N2CCCC2C2CCCCC2)C1. The van der Waals surface area contributed by atoms with E-state index in [1.807, 2.05) is 0 Å². The summed E-state index contributed by atoms with van der Waals surface area (Å²) in [6, 6.07) is 0.443. The molecule has 1 heterocycles. The maximum atomic E-state index is 13.0. The summed E-state index contributed by atoms with van der Waals surface area (Å²) in [6.45, 7) is 0.897. The molecule has 3 fully saturated rings. The van der Waals surface area contributed by atoms with Crippen molar-refractivity contribution >= 4 is 11.9 Å². The Morgan fingerprint density at radius 2 is 1.55 bits per heavy atom. The summed E-state index contributed by atoms with van der Waals surface area (Å²) in [5, 5.41) is 9.23. The van der Waals surface area contributed by atoms with Crippen molar-refractivity contribution in [1.82, 2.24) is 4.90 Å². The van der Waals surface area contributed by atoms with Crippen LogP contribution in [0.5, 0.6) is 0 Å². The fourth-order valence-electron chi connectivity index (χ4n) is 4.95. The van der Waals surface area contributed by atoms with Crippen LogP contribution in [0, 0.1) is 17.8 Å². The van der Waals surface area contributed by atoms with E-state index in [2.05, 4.69) is 4.90 Å². The van der Waals surface area contributed by atoms with Crippen molar-refractivity contribution in [3.05, 3.63) is 0 Å². The third-order valence-electron chi connectivity index (χ3n) is 6.15. The number of amides is 1. The van der Waals surface area contributed by atoms with Gasteiger partial charge in [-0.05, 0) is 50.9 Å². The van der Waals surface area contributed by atoms with Gasteiger partial charge >= 0.3 is 5.97 Å². The maximum Gasteiger partial charge on any atom is 0.306 e. The molecular weight excluding hydrogens is 278 g/mol. The molecule has 3 atom stereocenters. The van der Waals surface area contributed by atoms with Gasteiger partial charge in [0.2, 0.25) is 5.91 Å². The Kier molecular flexibility index (Phi) is 5.04. The summed E-state index contributed by atoms with van der Waals surface area (Å²) in [7, 11) is 0. The summed E-state index contributed by atoms with van der Waals surface area (Å²) in [5.74, 6) is -0.113. The summed E-state index contributed by atoms with van der Waals surface area (Å²) in [5.41, 5.74) is 0. The molecule has 1 N–H and O–H groups in total. The number of hydrogen-bond acceptors (Lipinski definition) is 2. The molecule has 3 aliphatic rings. The van der Waals surface area contributed by atoms with Crippen molar-refractivity contribution in [3.8, 4) is 0 Å². The number of aliphatic carboxylic acids is 1. The van der Waals surface area contributed by atoms with E-state index >= 15 is 0 Å². The van der Waals surface area contributed by atoms with Crippen LogP contribution in [0.25, 0.3) is 0 Å². The molecule has 124 valence electrons. The minimum atomic E-state index is -0.720. The fraction of sp³-hybridized carbons (Fsp3) is 0.889. The van der Waals surface area contributed by atoms with Crippen molar-refractivity contribution in [2.24, 2.45) is 17.8 Å². The highest BCUT2D eigenvalue weighted by Crippen LogP contribution is 2.37. The molecule has 2 aliphatic carbocycles. The molecule has 0 aromatic rings. The third-order valence-corrected chi connectivity index (χ3v) is 6.15. The zero-order valence-electron chi connectivity index (χ0n) is 13.5. The fourth-order valence-corrected chi connectivity index (χ4v) is 4.95. The lowest BCUT2D eigenvalue weighted by molar-refractivity contribution is -0.146. The molecular formula is C18H29NO3. The minimum Gasteiger partial charge on any atom is -0.481 e. The average molecular weight is 307 g/mol. The molecule has 0 bridgehead atoms. The van der Waals surface area contributed by atoms with Gasteiger partial charge in [0.1, 0.15) is 0 Å². The Morgan fingerprint density at radius 1 is 0.818 bits per heavy atom. The highest BCUT2D eigenvalue weighted by Gasteiger charge is 2.39. The van der Waals surface area contributed by atoms with Gasteiger partial charge in [0.15, 0.2) is 0 Å². The number of carboxylic acids is 1. The number of carboxylic acid groups (broad SMARTS) is 1. The largest absolute Gasteiger partial charge is 0.481 e. The smallest absolute Gasteiger partial charge is 0.306 e. The average Bonchev–Trinajstić information content (AvgIpc) is 3.04. The number of carbonyl (C=O) groups is 2. The molecule has 0 spiro atoms. The van der Waals surface area contributed by atoms with Gasteiger partial charge in [0.05, 0.1) is 5.92 Å². The van der Waals surface area contributed by atoms with Crippen molar-refractivity contribution < 1.29 is 14.7 Å². The highest BCUT2D eigenvalue weighted by atomic mass is 16.4. The number of rotatable bonds is 3. The van der Waals surface area contributed by atoms with E-state index in [-0.39, 0.29) is 17.7 Å². The van der Waals surface area contributed by atoms with Gasteiger partial charge in [-0.3, -0.25) is 9.59 Å². The van der Waals surface area contributed by atoms with Crippen LogP contribution in [-0.2, 0) is 9.59 Å². The second-order valence-corrected chi connectivity index (χ2v) is 7.54. The summed E-state index contributed by atoms with van der Waals surface area (Å²) in [6.07, 6.45) is 11.9. The van der Waals surface area contributed by atoms with E-state index in [4.69, 9.17) is 0 Å². The van der Waals surface area contributed by atoms with Crippen LogP contribution in [0.15, 0.2) is 0 Å². The molecule has 1 aliphatic heterocycles. The Balaban J connectivity index is 1.63. The van der Waals surface area contributed by atoms with Gasteiger partial charge < -0.3 is 10.0 Å². The zero-order chi connectivity index (χ0) is 15.5. The number of hydrogen-bond donors (Lipinski definition) is 1. The first-order chi connectivity index (χ1) is 10.7. The highest BCUT2D eigenvalue weighted by molar-refractivity contribution is 5.81. The minimum absolute atomic E-state index is 0.0426. The van der Waals surface area contributed by atoms with E-state index in [1.54, 1.807) is 0 Å². The first-order valence-corrected chi connectivity index (χ1v) is 9.20. The quantitative estimate of drug-likeness (QED) is 0.869. The van der Waals surface area contributed by atoms with Crippen LogP contribution in [-0.4, -0.2) is 34.5 Å². The van der Waals surface area contributed by atoms with Gasteiger partial charge in [-0.25, -0.2) is 0 Å². The van der Waals surface area contributed by atoms with Crippen LogP contribution in [0.3, 0.4) is 0 Å². The monoisotopic (exact) mass is 307 g/mol. The Hall–Kier alpha value is -1.06. The topological polar surface area (TPSA) is 57.6 Å². The van der Waals surface area contributed by atoms with Gasteiger partial charge in [0.25, 0.3) is 0 Å². The van der Waals surface area contributed by atoms with E-state index in [0.29, 0.717) is 18.4 Å². The third kappa shape index (κ3) is 3.31. The summed E-state index contributed by atoms with van der Waals surface area (Å²) in [4.78, 5) is 26.3. The van der Waals surface area contributed by atoms with Crippen LogP contribution >= 0.6 is 0 Å². The van der Waals surface area contributed by atoms with Crippen LogP contribution < -0.4 is 0 Å². The van der Waals surface area contributed by atoms with E-state index in [9.17, 15) is 14.7 Å². The number of carbonyl (C=O) groups excluding carboxylic acids is 1. The lowest BCUT2D eigenvalue weighted by Gasteiger charge is -2.37. The summed E-state index contributed by atoms with van der Waals surface area (Å²) >= 11 is 0. The predicted octanol–water partition coefficient (Wildman–Crippen LogP) is 3.45. The van der Waals surface area contributed by atoms with Crippen molar-refractivity contribution in [1.29, 1.82) is 0 Å². The second-order valence-electron chi connectivity index (χ2n) is 7.54. The molecule has 0 aromatic carbocycles. The molecule has 3 rings (SSSR count). The molecule has 22 heavy (non-hydrogen) atoms. The molecule has 4 nitrogen and oxygen atoms in total. The molecule has 3 unspecified atom stereocenters. The molecule has 0 aromatic heterocycles. The van der Waals surface area contributed by atoms with Gasteiger partial charge in [-0.1, -0.05) is 25.7 Å². The van der Waals surface area contributed by atoms with Crippen molar-refractivity contribution in [2.75, 3.05) is 6.54 Å².